The minimum Gasteiger partial charge on any atom is -0.466 e. The van der Waals surface area contributed by atoms with Crippen molar-refractivity contribution in [2.24, 2.45) is 5.92 Å². The fraction of sp³-hybridized carbons (Fsp3) is 0.350. The second kappa shape index (κ2) is 9.57. The van der Waals surface area contributed by atoms with Crippen LogP contribution in [0.5, 0.6) is 0 Å². The highest BCUT2D eigenvalue weighted by atomic mass is 16.5. The molecule has 0 aliphatic carbocycles. The lowest BCUT2D eigenvalue weighted by Crippen LogP contribution is -2.23. The Hall–Kier alpha value is -2.69. The van der Waals surface area contributed by atoms with Crippen molar-refractivity contribution in [1.29, 1.82) is 0 Å². The van der Waals surface area contributed by atoms with Gasteiger partial charge in [-0.05, 0) is 37.0 Å². The summed E-state index contributed by atoms with van der Waals surface area (Å²) in [5, 5.41) is 0. The SMILES string of the molecule is CCOC(=O)[C@@H](CC(=O)CCc1ccc(N)nc1)Cc1ccccc1. The van der Waals surface area contributed by atoms with Crippen molar-refractivity contribution >= 4 is 17.6 Å². The fourth-order valence-corrected chi connectivity index (χ4v) is 2.64. The Morgan fingerprint density at radius 1 is 1.12 bits per heavy atom. The molecule has 1 atom stereocenters. The standard InChI is InChI=1S/C20H24N2O3/c1-2-25-20(24)17(12-15-6-4-3-5-7-15)13-18(23)10-8-16-9-11-19(21)22-14-16/h3-7,9,11,14,17H,2,8,10,12-13H2,1H3,(H2,21,22)/t17-/m1/s1. The number of ketones is 1. The molecule has 0 radical (unpaired) electrons. The third-order valence-electron chi connectivity index (χ3n) is 3.96. The lowest BCUT2D eigenvalue weighted by molar-refractivity contribution is -0.149. The van der Waals surface area contributed by atoms with Gasteiger partial charge in [-0.15, -0.1) is 0 Å². The highest BCUT2D eigenvalue weighted by Crippen LogP contribution is 2.17. The Balaban J connectivity index is 1.93. The zero-order valence-corrected chi connectivity index (χ0v) is 14.5. The topological polar surface area (TPSA) is 82.3 Å². The van der Waals surface area contributed by atoms with Gasteiger partial charge in [0.25, 0.3) is 0 Å². The van der Waals surface area contributed by atoms with E-state index in [1.807, 2.05) is 36.4 Å². The number of benzene rings is 1. The molecule has 1 heterocycles. The number of anilines is 1. The predicted octanol–water partition coefficient (Wildman–Crippen LogP) is 2.98. The first-order chi connectivity index (χ1) is 12.1. The van der Waals surface area contributed by atoms with Gasteiger partial charge in [-0.1, -0.05) is 36.4 Å². The van der Waals surface area contributed by atoms with Crippen LogP contribution in [-0.2, 0) is 27.2 Å². The number of hydrogen-bond acceptors (Lipinski definition) is 5. The van der Waals surface area contributed by atoms with Gasteiger partial charge in [0, 0.05) is 19.0 Å². The van der Waals surface area contributed by atoms with E-state index < -0.39 is 5.92 Å². The number of nitrogen functional groups attached to an aromatic ring is 1. The molecule has 0 amide bonds. The number of aromatic nitrogens is 1. The summed E-state index contributed by atoms with van der Waals surface area (Å²) < 4.78 is 5.14. The molecule has 0 fully saturated rings. The first-order valence-corrected chi connectivity index (χ1v) is 8.51. The van der Waals surface area contributed by atoms with E-state index in [1.54, 1.807) is 19.2 Å². The van der Waals surface area contributed by atoms with E-state index in [9.17, 15) is 9.59 Å². The number of rotatable bonds is 9. The van der Waals surface area contributed by atoms with E-state index in [1.165, 1.54) is 0 Å². The molecular formula is C20H24N2O3. The number of ether oxygens (including phenoxy) is 1. The van der Waals surface area contributed by atoms with Crippen LogP contribution >= 0.6 is 0 Å². The molecule has 2 aromatic rings. The van der Waals surface area contributed by atoms with E-state index in [-0.39, 0.29) is 18.2 Å². The second-order valence-electron chi connectivity index (χ2n) is 5.97. The van der Waals surface area contributed by atoms with Crippen molar-refractivity contribution in [3.63, 3.8) is 0 Å². The summed E-state index contributed by atoms with van der Waals surface area (Å²) in [5.41, 5.74) is 7.54. The zero-order chi connectivity index (χ0) is 18.1. The number of carbonyl (C=O) groups is 2. The van der Waals surface area contributed by atoms with Crippen LogP contribution in [0.15, 0.2) is 48.7 Å². The van der Waals surface area contributed by atoms with Crippen molar-refractivity contribution < 1.29 is 14.3 Å². The fourth-order valence-electron chi connectivity index (χ4n) is 2.64. The Kier molecular flexibility index (Phi) is 7.14. The van der Waals surface area contributed by atoms with Gasteiger partial charge in [-0.3, -0.25) is 9.59 Å². The van der Waals surface area contributed by atoms with Gasteiger partial charge in [-0.25, -0.2) is 4.98 Å². The quantitative estimate of drug-likeness (QED) is 0.710. The average Bonchev–Trinajstić information content (AvgIpc) is 2.62. The van der Waals surface area contributed by atoms with Crippen molar-refractivity contribution in [3.05, 3.63) is 59.8 Å². The molecule has 0 saturated carbocycles. The molecule has 5 nitrogen and oxygen atoms in total. The average molecular weight is 340 g/mol. The number of aryl methyl sites for hydroxylation is 1. The maximum Gasteiger partial charge on any atom is 0.309 e. The van der Waals surface area contributed by atoms with Crippen molar-refractivity contribution in [2.45, 2.75) is 32.6 Å². The summed E-state index contributed by atoms with van der Waals surface area (Å²) in [6, 6.07) is 13.3. The molecule has 0 aliphatic heterocycles. The lowest BCUT2D eigenvalue weighted by Gasteiger charge is -2.15. The van der Waals surface area contributed by atoms with Crippen LogP contribution in [0.4, 0.5) is 5.82 Å². The molecule has 0 bridgehead atoms. The third kappa shape index (κ3) is 6.37. The minimum absolute atomic E-state index is 0.0470. The summed E-state index contributed by atoms with van der Waals surface area (Å²) >= 11 is 0. The molecule has 0 saturated heterocycles. The van der Waals surface area contributed by atoms with Crippen molar-refractivity contribution in [3.8, 4) is 0 Å². The molecule has 1 aromatic heterocycles. The molecule has 132 valence electrons. The van der Waals surface area contributed by atoms with Gasteiger partial charge >= 0.3 is 5.97 Å². The lowest BCUT2D eigenvalue weighted by atomic mass is 9.92. The number of Topliss-reactive ketones (excluding diaryl/α,β-unsaturated/α-hetero) is 1. The van der Waals surface area contributed by atoms with Gasteiger partial charge in [0.1, 0.15) is 11.6 Å². The van der Waals surface area contributed by atoms with Crippen LogP contribution in [0.25, 0.3) is 0 Å². The molecule has 2 rings (SSSR count). The van der Waals surface area contributed by atoms with Gasteiger partial charge in [0.15, 0.2) is 0 Å². The Morgan fingerprint density at radius 3 is 2.52 bits per heavy atom. The van der Waals surface area contributed by atoms with Crippen LogP contribution < -0.4 is 5.73 Å². The number of pyridine rings is 1. The van der Waals surface area contributed by atoms with Crippen LogP contribution in [0.3, 0.4) is 0 Å². The smallest absolute Gasteiger partial charge is 0.309 e. The van der Waals surface area contributed by atoms with Crippen LogP contribution in [0.1, 0.15) is 30.9 Å². The number of nitrogens with zero attached hydrogens (tertiary/aromatic N) is 1. The van der Waals surface area contributed by atoms with Crippen LogP contribution in [-0.4, -0.2) is 23.3 Å². The Labute approximate surface area is 148 Å². The summed E-state index contributed by atoms with van der Waals surface area (Å²) in [6.07, 6.45) is 3.34. The largest absolute Gasteiger partial charge is 0.466 e. The van der Waals surface area contributed by atoms with Crippen molar-refractivity contribution in [2.75, 3.05) is 12.3 Å². The summed E-state index contributed by atoms with van der Waals surface area (Å²) in [5.74, 6) is -0.251. The highest BCUT2D eigenvalue weighted by Gasteiger charge is 2.23. The normalized spacial score (nSPS) is 11.7. The van der Waals surface area contributed by atoms with E-state index in [0.29, 0.717) is 31.7 Å². The van der Waals surface area contributed by atoms with Crippen LogP contribution in [0.2, 0.25) is 0 Å². The molecule has 2 N–H and O–H groups in total. The molecule has 25 heavy (non-hydrogen) atoms. The maximum absolute atomic E-state index is 12.3. The number of esters is 1. The van der Waals surface area contributed by atoms with E-state index >= 15 is 0 Å². The summed E-state index contributed by atoms with van der Waals surface area (Å²) in [7, 11) is 0. The van der Waals surface area contributed by atoms with Gasteiger partial charge in [0.2, 0.25) is 0 Å². The summed E-state index contributed by atoms with van der Waals surface area (Å²) in [4.78, 5) is 28.6. The third-order valence-corrected chi connectivity index (χ3v) is 3.96. The molecule has 0 spiro atoms. The van der Waals surface area contributed by atoms with E-state index in [2.05, 4.69) is 4.98 Å². The zero-order valence-electron chi connectivity index (χ0n) is 14.5. The van der Waals surface area contributed by atoms with Crippen molar-refractivity contribution in [1.82, 2.24) is 4.98 Å². The first-order valence-electron chi connectivity index (χ1n) is 8.51. The van der Waals surface area contributed by atoms with Crippen LogP contribution in [0, 0.1) is 5.92 Å². The number of nitrogens with two attached hydrogens (primary N) is 1. The van der Waals surface area contributed by atoms with Gasteiger partial charge in [0.05, 0.1) is 12.5 Å². The molecular weight excluding hydrogens is 316 g/mol. The number of carbonyl (C=O) groups excluding carboxylic acids is 2. The molecule has 0 unspecified atom stereocenters. The highest BCUT2D eigenvalue weighted by molar-refractivity contribution is 5.84. The first kappa shape index (κ1) is 18.6. The molecule has 1 aromatic carbocycles. The maximum atomic E-state index is 12.3. The van der Waals surface area contributed by atoms with Gasteiger partial charge in [-0.2, -0.15) is 0 Å². The van der Waals surface area contributed by atoms with E-state index in [4.69, 9.17) is 10.5 Å². The van der Waals surface area contributed by atoms with Gasteiger partial charge < -0.3 is 10.5 Å². The Bertz CT molecular complexity index is 684. The Morgan fingerprint density at radius 2 is 1.88 bits per heavy atom. The summed E-state index contributed by atoms with van der Waals surface area (Å²) in [6.45, 7) is 2.09. The molecule has 0 aliphatic rings. The predicted molar refractivity (Wildman–Crippen MR) is 96.9 cm³/mol. The van der Waals surface area contributed by atoms with E-state index in [0.717, 1.165) is 11.1 Å². The minimum atomic E-state index is -0.445. The second-order valence-corrected chi connectivity index (χ2v) is 5.97. The molecule has 5 heteroatoms. The monoisotopic (exact) mass is 340 g/mol. The number of hydrogen-bond donors (Lipinski definition) is 1.